The lowest BCUT2D eigenvalue weighted by molar-refractivity contribution is 1.15. The Kier molecular flexibility index (Phi) is 2.32. The van der Waals surface area contributed by atoms with Crippen molar-refractivity contribution in [3.05, 3.63) is 40.5 Å². The van der Waals surface area contributed by atoms with Crippen LogP contribution in [0.1, 0.15) is 12.5 Å². The van der Waals surface area contributed by atoms with E-state index in [1.165, 1.54) is 10.9 Å². The number of fused-ring (bicyclic) bond motifs is 1. The zero-order valence-electron chi connectivity index (χ0n) is 7.42. The Morgan fingerprint density at radius 3 is 3.00 bits per heavy atom. The van der Waals surface area contributed by atoms with Gasteiger partial charge in [0.05, 0.1) is 5.52 Å². The largest absolute Gasteiger partial charge is 0.256 e. The predicted octanol–water partition coefficient (Wildman–Crippen LogP) is 3.56. The number of benzene rings is 1. The highest BCUT2D eigenvalue weighted by molar-refractivity contribution is 9.10. The summed E-state index contributed by atoms with van der Waals surface area (Å²) in [5.74, 6) is 0. The molecule has 0 N–H and O–H groups in total. The number of pyridine rings is 1. The predicted molar refractivity (Wildman–Crippen MR) is 58.8 cm³/mol. The van der Waals surface area contributed by atoms with E-state index in [2.05, 4.69) is 46.0 Å². The van der Waals surface area contributed by atoms with E-state index in [0.29, 0.717) is 0 Å². The maximum atomic E-state index is 4.32. The van der Waals surface area contributed by atoms with Crippen molar-refractivity contribution in [3.63, 3.8) is 0 Å². The second-order valence-electron chi connectivity index (χ2n) is 2.99. The van der Waals surface area contributed by atoms with Crippen LogP contribution in [0.3, 0.4) is 0 Å². The van der Waals surface area contributed by atoms with E-state index in [9.17, 15) is 0 Å². The Labute approximate surface area is 85.9 Å². The average Bonchev–Trinajstić information content (AvgIpc) is 2.16. The van der Waals surface area contributed by atoms with Crippen LogP contribution in [0.4, 0.5) is 0 Å². The molecule has 1 aromatic heterocycles. The summed E-state index contributed by atoms with van der Waals surface area (Å²) in [5, 5.41) is 1.26. The monoisotopic (exact) mass is 235 g/mol. The fourth-order valence-electron chi connectivity index (χ4n) is 1.51. The molecular weight excluding hydrogens is 226 g/mol. The topological polar surface area (TPSA) is 12.9 Å². The highest BCUT2D eigenvalue weighted by atomic mass is 79.9. The van der Waals surface area contributed by atoms with E-state index >= 15 is 0 Å². The molecule has 0 aliphatic heterocycles. The lowest BCUT2D eigenvalue weighted by Crippen LogP contribution is -1.85. The van der Waals surface area contributed by atoms with Crippen LogP contribution in [0.2, 0.25) is 0 Å². The van der Waals surface area contributed by atoms with Crippen molar-refractivity contribution in [2.75, 3.05) is 0 Å². The zero-order valence-corrected chi connectivity index (χ0v) is 9.01. The van der Waals surface area contributed by atoms with Gasteiger partial charge in [0, 0.05) is 16.1 Å². The standard InChI is InChI=1S/C11H10BrN/c1-2-8-6-9(12)7-11-10(8)4-3-5-13-11/h3-7H,2H2,1H3. The van der Waals surface area contributed by atoms with Gasteiger partial charge in [0.1, 0.15) is 0 Å². The smallest absolute Gasteiger partial charge is 0.0715 e. The van der Waals surface area contributed by atoms with Crippen LogP contribution in [0.15, 0.2) is 34.9 Å². The molecule has 1 aromatic carbocycles. The lowest BCUT2D eigenvalue weighted by Gasteiger charge is -2.03. The minimum atomic E-state index is 1.04. The number of nitrogens with zero attached hydrogens (tertiary/aromatic N) is 1. The van der Waals surface area contributed by atoms with Gasteiger partial charge < -0.3 is 0 Å². The molecule has 66 valence electrons. The number of aromatic nitrogens is 1. The summed E-state index contributed by atoms with van der Waals surface area (Å²) in [6, 6.07) is 8.31. The van der Waals surface area contributed by atoms with E-state index in [-0.39, 0.29) is 0 Å². The molecule has 0 unspecified atom stereocenters. The van der Waals surface area contributed by atoms with E-state index in [0.717, 1.165) is 16.4 Å². The fourth-order valence-corrected chi connectivity index (χ4v) is 2.01. The summed E-state index contributed by atoms with van der Waals surface area (Å²) in [6.07, 6.45) is 2.87. The van der Waals surface area contributed by atoms with E-state index < -0.39 is 0 Å². The lowest BCUT2D eigenvalue weighted by atomic mass is 10.1. The Morgan fingerprint density at radius 2 is 2.23 bits per heavy atom. The van der Waals surface area contributed by atoms with Gasteiger partial charge in [0.15, 0.2) is 0 Å². The van der Waals surface area contributed by atoms with Crippen molar-refractivity contribution in [2.45, 2.75) is 13.3 Å². The highest BCUT2D eigenvalue weighted by Gasteiger charge is 2.00. The molecule has 0 saturated heterocycles. The van der Waals surface area contributed by atoms with Gasteiger partial charge in [-0.3, -0.25) is 4.98 Å². The highest BCUT2D eigenvalue weighted by Crippen LogP contribution is 2.22. The molecule has 0 radical (unpaired) electrons. The molecule has 0 aliphatic rings. The van der Waals surface area contributed by atoms with Crippen molar-refractivity contribution in [3.8, 4) is 0 Å². The third-order valence-electron chi connectivity index (χ3n) is 2.15. The Bertz CT molecular complexity index is 437. The van der Waals surface area contributed by atoms with Crippen molar-refractivity contribution < 1.29 is 0 Å². The number of rotatable bonds is 1. The fraction of sp³-hybridized carbons (Fsp3) is 0.182. The van der Waals surface area contributed by atoms with Gasteiger partial charge in [-0.2, -0.15) is 0 Å². The van der Waals surface area contributed by atoms with Crippen molar-refractivity contribution in [1.29, 1.82) is 0 Å². The molecule has 2 rings (SSSR count). The first-order valence-corrected chi connectivity index (χ1v) is 5.13. The van der Waals surface area contributed by atoms with Crippen LogP contribution < -0.4 is 0 Å². The summed E-state index contributed by atoms with van der Waals surface area (Å²) in [6.45, 7) is 2.16. The molecule has 0 spiro atoms. The summed E-state index contributed by atoms with van der Waals surface area (Å²) in [4.78, 5) is 4.32. The summed E-state index contributed by atoms with van der Waals surface area (Å²) in [5.41, 5.74) is 2.41. The number of halogens is 1. The quantitative estimate of drug-likeness (QED) is 0.737. The van der Waals surface area contributed by atoms with Crippen LogP contribution in [0, 0.1) is 0 Å². The van der Waals surface area contributed by atoms with Gasteiger partial charge in [-0.1, -0.05) is 28.9 Å². The van der Waals surface area contributed by atoms with Crippen molar-refractivity contribution >= 4 is 26.8 Å². The van der Waals surface area contributed by atoms with Gasteiger partial charge in [0.2, 0.25) is 0 Å². The molecule has 2 heteroatoms. The number of hydrogen-bond donors (Lipinski definition) is 0. The molecule has 0 aliphatic carbocycles. The molecule has 13 heavy (non-hydrogen) atoms. The molecule has 0 saturated carbocycles. The average molecular weight is 236 g/mol. The van der Waals surface area contributed by atoms with Crippen LogP contribution in [0.25, 0.3) is 10.9 Å². The maximum absolute atomic E-state index is 4.32. The maximum Gasteiger partial charge on any atom is 0.0715 e. The molecule has 0 amide bonds. The second kappa shape index (κ2) is 3.46. The SMILES string of the molecule is CCc1cc(Br)cc2ncccc12. The summed E-state index contributed by atoms with van der Waals surface area (Å²) < 4.78 is 1.11. The minimum absolute atomic E-state index is 1.04. The van der Waals surface area contributed by atoms with Crippen molar-refractivity contribution in [2.24, 2.45) is 0 Å². The minimum Gasteiger partial charge on any atom is -0.256 e. The van der Waals surface area contributed by atoms with Gasteiger partial charge in [-0.25, -0.2) is 0 Å². The van der Waals surface area contributed by atoms with Crippen LogP contribution >= 0.6 is 15.9 Å². The van der Waals surface area contributed by atoms with E-state index in [1.54, 1.807) is 0 Å². The van der Waals surface area contributed by atoms with Gasteiger partial charge in [-0.05, 0) is 30.2 Å². The van der Waals surface area contributed by atoms with Crippen LogP contribution in [-0.4, -0.2) is 4.98 Å². The summed E-state index contributed by atoms with van der Waals surface area (Å²) in [7, 11) is 0. The Balaban J connectivity index is 2.81. The number of aryl methyl sites for hydroxylation is 1. The molecule has 0 bridgehead atoms. The first-order valence-electron chi connectivity index (χ1n) is 4.34. The van der Waals surface area contributed by atoms with Crippen molar-refractivity contribution in [1.82, 2.24) is 4.98 Å². The molecular formula is C11H10BrN. The first kappa shape index (κ1) is 8.70. The van der Waals surface area contributed by atoms with Crippen LogP contribution in [0.5, 0.6) is 0 Å². The molecule has 2 aromatic rings. The third-order valence-corrected chi connectivity index (χ3v) is 2.61. The van der Waals surface area contributed by atoms with E-state index in [1.807, 2.05) is 12.3 Å². The van der Waals surface area contributed by atoms with Gasteiger partial charge in [-0.15, -0.1) is 0 Å². The van der Waals surface area contributed by atoms with Crippen LogP contribution in [-0.2, 0) is 6.42 Å². The van der Waals surface area contributed by atoms with Gasteiger partial charge >= 0.3 is 0 Å². The molecule has 0 atom stereocenters. The first-order chi connectivity index (χ1) is 6.31. The summed E-state index contributed by atoms with van der Waals surface area (Å²) >= 11 is 3.48. The Hall–Kier alpha value is -0.890. The number of hydrogen-bond acceptors (Lipinski definition) is 1. The molecule has 1 heterocycles. The van der Waals surface area contributed by atoms with E-state index in [4.69, 9.17) is 0 Å². The van der Waals surface area contributed by atoms with Gasteiger partial charge in [0.25, 0.3) is 0 Å². The Morgan fingerprint density at radius 1 is 1.38 bits per heavy atom. The zero-order chi connectivity index (χ0) is 9.26. The second-order valence-corrected chi connectivity index (χ2v) is 3.90. The molecule has 0 fully saturated rings. The third kappa shape index (κ3) is 1.59. The normalized spacial score (nSPS) is 10.6. The molecule has 1 nitrogen and oxygen atoms in total.